The number of carbonyl (C=O) groups excluding carboxylic acids is 3. The van der Waals surface area contributed by atoms with Gasteiger partial charge < -0.3 is 20.6 Å². The molecule has 0 spiro atoms. The molecular weight excluding hydrogens is 518 g/mol. The number of nitriles is 1. The Bertz CT molecular complexity index is 1380. The van der Waals surface area contributed by atoms with E-state index in [-0.39, 0.29) is 25.3 Å². The van der Waals surface area contributed by atoms with Crippen LogP contribution in [0.4, 0.5) is 8.78 Å². The molecule has 3 amide bonds. The third-order valence-corrected chi connectivity index (χ3v) is 9.16. The quantitative estimate of drug-likeness (QED) is 0.531. The summed E-state index contributed by atoms with van der Waals surface area (Å²) >= 11 is 0. The first-order valence-corrected chi connectivity index (χ1v) is 13.7. The smallest absolute Gasteiger partial charge is 0.264 e. The fourth-order valence-electron chi connectivity index (χ4n) is 7.20. The van der Waals surface area contributed by atoms with Crippen LogP contribution in [0.5, 0.6) is 0 Å². The van der Waals surface area contributed by atoms with Crippen molar-refractivity contribution in [3.63, 3.8) is 0 Å². The normalized spacial score (nSPS) is 28.1. The molecule has 2 aliphatic heterocycles. The average molecular weight is 549 g/mol. The number of amides is 3. The molecule has 0 radical (unpaired) electrons. The fraction of sp³-hybridized carbons (Fsp3) is 0.467. The van der Waals surface area contributed by atoms with Crippen molar-refractivity contribution in [1.82, 2.24) is 15.5 Å². The number of hydrogen-bond donors (Lipinski definition) is 3. The van der Waals surface area contributed by atoms with Gasteiger partial charge in [0.1, 0.15) is 12.1 Å². The van der Waals surface area contributed by atoms with Crippen molar-refractivity contribution in [2.45, 2.75) is 55.7 Å². The van der Waals surface area contributed by atoms with Crippen LogP contribution >= 0.6 is 0 Å². The summed E-state index contributed by atoms with van der Waals surface area (Å²) in [6.07, 6.45) is 1.07. The summed E-state index contributed by atoms with van der Waals surface area (Å²) in [7, 11) is 0. The van der Waals surface area contributed by atoms with E-state index in [1.807, 2.05) is 6.07 Å². The van der Waals surface area contributed by atoms with E-state index < -0.39 is 59.6 Å². The predicted octanol–water partition coefficient (Wildman–Crippen LogP) is 2.70. The molecule has 0 bridgehead atoms. The highest BCUT2D eigenvalue weighted by molar-refractivity contribution is 6.01. The highest BCUT2D eigenvalue weighted by Gasteiger charge is 2.63. The molecule has 2 aliphatic carbocycles. The van der Waals surface area contributed by atoms with E-state index in [2.05, 4.69) is 10.6 Å². The van der Waals surface area contributed by atoms with Gasteiger partial charge in [0.25, 0.3) is 11.8 Å². The van der Waals surface area contributed by atoms with Gasteiger partial charge in [-0.25, -0.2) is 8.78 Å². The molecule has 40 heavy (non-hydrogen) atoms. The number of alkyl halides is 2. The van der Waals surface area contributed by atoms with Gasteiger partial charge >= 0.3 is 0 Å². The fourth-order valence-corrected chi connectivity index (χ4v) is 7.20. The maximum absolute atomic E-state index is 15.0. The van der Waals surface area contributed by atoms with Crippen LogP contribution in [0.25, 0.3) is 11.1 Å². The van der Waals surface area contributed by atoms with Crippen molar-refractivity contribution in [3.8, 4) is 17.2 Å². The Kier molecular flexibility index (Phi) is 6.37. The first-order chi connectivity index (χ1) is 19.2. The van der Waals surface area contributed by atoms with E-state index in [1.54, 1.807) is 48.5 Å². The molecule has 208 valence electrons. The molecule has 2 aromatic rings. The van der Waals surface area contributed by atoms with Gasteiger partial charge in [0.15, 0.2) is 5.60 Å². The van der Waals surface area contributed by atoms with Crippen LogP contribution < -0.4 is 10.6 Å². The number of rotatable bonds is 5. The summed E-state index contributed by atoms with van der Waals surface area (Å²) in [5, 5.41) is 27.3. The van der Waals surface area contributed by atoms with Crippen LogP contribution in [0.1, 0.15) is 43.2 Å². The number of halogens is 2. The monoisotopic (exact) mass is 548 g/mol. The number of hydrogen-bond acceptors (Lipinski definition) is 5. The number of piperidine rings is 1. The van der Waals surface area contributed by atoms with Gasteiger partial charge in [-0.15, -0.1) is 0 Å². The molecular formula is C30H30F2N4O4. The van der Waals surface area contributed by atoms with Gasteiger partial charge in [0, 0.05) is 42.5 Å². The number of carbonyl (C=O) groups is 3. The second-order valence-electron chi connectivity index (χ2n) is 11.3. The molecule has 10 heteroatoms. The molecule has 2 aromatic carbocycles. The minimum Gasteiger partial charge on any atom is -0.372 e. The van der Waals surface area contributed by atoms with Crippen LogP contribution in [0.2, 0.25) is 0 Å². The van der Waals surface area contributed by atoms with Crippen molar-refractivity contribution in [1.29, 1.82) is 5.26 Å². The first kappa shape index (κ1) is 26.4. The summed E-state index contributed by atoms with van der Waals surface area (Å²) < 4.78 is 30.0. The highest BCUT2D eigenvalue weighted by atomic mass is 19.3. The highest BCUT2D eigenvalue weighted by Crippen LogP contribution is 2.54. The molecule has 5 atom stereocenters. The molecule has 4 aliphatic rings. The van der Waals surface area contributed by atoms with Gasteiger partial charge in [-0.3, -0.25) is 14.4 Å². The van der Waals surface area contributed by atoms with Gasteiger partial charge in [0.05, 0.1) is 6.07 Å². The van der Waals surface area contributed by atoms with Crippen LogP contribution in [0.3, 0.4) is 0 Å². The Morgan fingerprint density at radius 2 is 1.77 bits per heavy atom. The third-order valence-electron chi connectivity index (χ3n) is 9.16. The van der Waals surface area contributed by atoms with Crippen LogP contribution in [-0.4, -0.2) is 58.8 Å². The largest absolute Gasteiger partial charge is 0.372 e. The van der Waals surface area contributed by atoms with E-state index in [0.29, 0.717) is 35.2 Å². The minimum absolute atomic E-state index is 0.0351. The first-order valence-electron chi connectivity index (χ1n) is 13.7. The summed E-state index contributed by atoms with van der Waals surface area (Å²) in [4.78, 5) is 41.4. The lowest BCUT2D eigenvalue weighted by atomic mass is 9.88. The molecule has 0 aromatic heterocycles. The lowest BCUT2D eigenvalue weighted by molar-refractivity contribution is -0.153. The van der Waals surface area contributed by atoms with Crippen molar-refractivity contribution >= 4 is 17.7 Å². The zero-order chi connectivity index (χ0) is 28.2. The summed E-state index contributed by atoms with van der Waals surface area (Å²) in [6, 6.07) is 13.5. The predicted molar refractivity (Wildman–Crippen MR) is 139 cm³/mol. The van der Waals surface area contributed by atoms with E-state index in [1.165, 1.54) is 0 Å². The van der Waals surface area contributed by atoms with E-state index >= 15 is 0 Å². The van der Waals surface area contributed by atoms with Crippen molar-refractivity contribution in [2.75, 3.05) is 13.1 Å². The average Bonchev–Trinajstić information content (AvgIpc) is 3.58. The minimum atomic E-state index is -3.07. The maximum Gasteiger partial charge on any atom is 0.264 e. The van der Waals surface area contributed by atoms with Crippen molar-refractivity contribution < 1.29 is 28.3 Å². The van der Waals surface area contributed by atoms with Gasteiger partial charge in [-0.05, 0) is 42.7 Å². The zero-order valence-electron chi connectivity index (χ0n) is 21.8. The molecule has 6 rings (SSSR count). The Morgan fingerprint density at radius 3 is 2.40 bits per heavy atom. The Balaban J connectivity index is 1.33. The third kappa shape index (κ3) is 3.98. The van der Waals surface area contributed by atoms with Crippen molar-refractivity contribution in [3.05, 3.63) is 59.7 Å². The Labute approximate surface area is 230 Å². The van der Waals surface area contributed by atoms with Crippen LogP contribution in [0, 0.1) is 29.1 Å². The van der Waals surface area contributed by atoms with Crippen LogP contribution in [0.15, 0.2) is 48.5 Å². The molecule has 3 fully saturated rings. The van der Waals surface area contributed by atoms with E-state index in [0.717, 1.165) is 11.3 Å². The van der Waals surface area contributed by atoms with E-state index in [4.69, 9.17) is 0 Å². The van der Waals surface area contributed by atoms with Crippen molar-refractivity contribution in [2.24, 2.45) is 17.8 Å². The number of fused-ring (bicyclic) bond motifs is 4. The summed E-state index contributed by atoms with van der Waals surface area (Å²) in [5.74, 6) is -7.33. The van der Waals surface area contributed by atoms with Crippen LogP contribution in [-0.2, 0) is 20.0 Å². The number of benzene rings is 2. The van der Waals surface area contributed by atoms with Gasteiger partial charge in [-0.2, -0.15) is 5.26 Å². The molecule has 1 saturated carbocycles. The molecule has 3 N–H and O–H groups in total. The lowest BCUT2D eigenvalue weighted by Gasteiger charge is -2.34. The Morgan fingerprint density at radius 1 is 1.12 bits per heavy atom. The standard InChI is InChI=1S/C30H30F2N4O4/c31-29(32)12-11-21-24(29)16-36(25(21)27(38)35-18(15-33)14-17-6-5-13-34-26(17)37)28(39)30(40)22-9-3-1-7-19(22)20-8-2-4-10-23(20)30/h1-4,7-10,17-18,21,24-25,40H,5-6,11-14,16H2,(H,34,37)(H,35,38). The van der Waals surface area contributed by atoms with E-state index in [9.17, 15) is 33.5 Å². The number of nitrogens with zero attached hydrogens (tertiary/aromatic N) is 2. The Hall–Kier alpha value is -3.84. The molecule has 2 saturated heterocycles. The number of nitrogens with one attached hydrogen (secondary N) is 2. The van der Waals surface area contributed by atoms with Gasteiger partial charge in [-0.1, -0.05) is 48.5 Å². The maximum atomic E-state index is 15.0. The molecule has 5 unspecified atom stereocenters. The lowest BCUT2D eigenvalue weighted by Crippen LogP contribution is -2.56. The zero-order valence-corrected chi connectivity index (χ0v) is 21.8. The second-order valence-corrected chi connectivity index (χ2v) is 11.3. The summed E-state index contributed by atoms with van der Waals surface area (Å²) in [5.41, 5.74) is -0.163. The summed E-state index contributed by atoms with van der Waals surface area (Å²) in [6.45, 7) is 0.175. The molecule has 2 heterocycles. The number of aliphatic hydroxyl groups is 1. The molecule has 8 nitrogen and oxygen atoms in total. The SMILES string of the molecule is N#CC(CC1CCCNC1=O)NC(=O)C1C2CCC(F)(F)C2CN1C(=O)C1(O)c2ccccc2-c2ccccc21. The van der Waals surface area contributed by atoms with Gasteiger partial charge in [0.2, 0.25) is 11.8 Å². The number of likely N-dealkylation sites (tertiary alicyclic amines) is 1. The second kappa shape index (κ2) is 9.66. The topological polar surface area (TPSA) is 123 Å².